The average molecular weight is 249 g/mol. The van der Waals surface area contributed by atoms with Crippen LogP contribution < -0.4 is 16.0 Å². The number of carboxylic acid groups (broad SMARTS) is 1. The highest BCUT2D eigenvalue weighted by atomic mass is 16.4. The van der Waals surface area contributed by atoms with Gasteiger partial charge >= 0.3 is 5.97 Å². The summed E-state index contributed by atoms with van der Waals surface area (Å²) in [6, 6.07) is 4.73. The number of carboxylic acids is 1. The number of amides is 1. The number of benzene rings is 1. The van der Waals surface area contributed by atoms with Crippen molar-refractivity contribution in [2.45, 2.75) is 6.42 Å². The van der Waals surface area contributed by atoms with E-state index in [1.807, 2.05) is 4.90 Å². The second-order valence-corrected chi connectivity index (χ2v) is 4.15. The van der Waals surface area contributed by atoms with Crippen molar-refractivity contribution in [3.63, 3.8) is 0 Å². The van der Waals surface area contributed by atoms with E-state index >= 15 is 0 Å². The average Bonchev–Trinajstić information content (AvgIpc) is 2.34. The number of nitrogens with zero attached hydrogens (tertiary/aromatic N) is 1. The van der Waals surface area contributed by atoms with Crippen molar-refractivity contribution in [2.75, 3.05) is 29.9 Å². The first-order valence-electron chi connectivity index (χ1n) is 5.74. The quantitative estimate of drug-likeness (QED) is 0.721. The van der Waals surface area contributed by atoms with Crippen LogP contribution in [0.25, 0.3) is 0 Å². The van der Waals surface area contributed by atoms with E-state index in [4.69, 9.17) is 10.8 Å². The lowest BCUT2D eigenvalue weighted by Crippen LogP contribution is -2.39. The van der Waals surface area contributed by atoms with Crippen LogP contribution >= 0.6 is 0 Å². The van der Waals surface area contributed by atoms with Crippen LogP contribution in [0.2, 0.25) is 0 Å². The van der Waals surface area contributed by atoms with E-state index in [9.17, 15) is 9.59 Å². The number of nitrogens with two attached hydrogens (primary N) is 1. The van der Waals surface area contributed by atoms with Gasteiger partial charge in [0, 0.05) is 6.54 Å². The molecule has 0 aromatic heterocycles. The summed E-state index contributed by atoms with van der Waals surface area (Å²) in [7, 11) is 0. The predicted molar refractivity (Wildman–Crippen MR) is 67.9 cm³/mol. The Morgan fingerprint density at radius 2 is 2.28 bits per heavy atom. The number of fused-ring (bicyclic) bond motifs is 1. The third kappa shape index (κ3) is 2.43. The predicted octanol–water partition coefficient (Wildman–Crippen LogP) is 0.492. The summed E-state index contributed by atoms with van der Waals surface area (Å²) in [5.41, 5.74) is 7.01. The summed E-state index contributed by atoms with van der Waals surface area (Å²) < 4.78 is 0. The molecule has 0 unspecified atom stereocenters. The van der Waals surface area contributed by atoms with Gasteiger partial charge in [-0.15, -0.1) is 0 Å². The molecule has 1 aromatic carbocycles. The molecule has 0 atom stereocenters. The van der Waals surface area contributed by atoms with Gasteiger partial charge in [-0.05, 0) is 31.2 Å². The van der Waals surface area contributed by atoms with Gasteiger partial charge in [-0.2, -0.15) is 0 Å². The van der Waals surface area contributed by atoms with Crippen molar-refractivity contribution in [3.05, 3.63) is 23.8 Å². The van der Waals surface area contributed by atoms with Crippen LogP contribution in [0.15, 0.2) is 18.2 Å². The summed E-state index contributed by atoms with van der Waals surface area (Å²) in [6.45, 7) is 1.52. The van der Waals surface area contributed by atoms with Crippen molar-refractivity contribution >= 4 is 23.3 Å². The van der Waals surface area contributed by atoms with E-state index in [0.29, 0.717) is 18.8 Å². The second-order valence-electron chi connectivity index (χ2n) is 4.15. The molecule has 0 saturated heterocycles. The maximum atomic E-state index is 11.5. The topological polar surface area (TPSA) is 95.7 Å². The fourth-order valence-electron chi connectivity index (χ4n) is 1.97. The first-order valence-corrected chi connectivity index (χ1v) is 5.74. The van der Waals surface area contributed by atoms with Crippen LogP contribution in [0.3, 0.4) is 0 Å². The Labute approximate surface area is 104 Å². The molecule has 1 amide bonds. The number of hydrogen-bond acceptors (Lipinski definition) is 4. The van der Waals surface area contributed by atoms with Gasteiger partial charge in [0.25, 0.3) is 0 Å². The summed E-state index contributed by atoms with van der Waals surface area (Å²) >= 11 is 0. The van der Waals surface area contributed by atoms with Gasteiger partial charge in [0.15, 0.2) is 0 Å². The molecule has 1 aromatic rings. The van der Waals surface area contributed by atoms with Crippen molar-refractivity contribution in [1.29, 1.82) is 0 Å². The van der Waals surface area contributed by atoms with Gasteiger partial charge in [-0.25, -0.2) is 4.79 Å². The first-order chi connectivity index (χ1) is 8.61. The fraction of sp³-hybridized carbons (Fsp3) is 0.333. The summed E-state index contributed by atoms with van der Waals surface area (Å²) in [5, 5.41) is 11.6. The molecule has 0 aliphatic carbocycles. The molecule has 1 aliphatic rings. The van der Waals surface area contributed by atoms with E-state index in [-0.39, 0.29) is 18.0 Å². The van der Waals surface area contributed by atoms with Crippen molar-refractivity contribution in [1.82, 2.24) is 0 Å². The van der Waals surface area contributed by atoms with Gasteiger partial charge in [-0.3, -0.25) is 4.79 Å². The minimum atomic E-state index is -1.01. The summed E-state index contributed by atoms with van der Waals surface area (Å²) in [4.78, 5) is 24.3. The molecule has 0 bridgehead atoms. The molecule has 1 heterocycles. The third-order valence-electron chi connectivity index (χ3n) is 2.82. The minimum Gasteiger partial charge on any atom is -0.478 e. The highest BCUT2D eigenvalue weighted by Crippen LogP contribution is 2.30. The zero-order chi connectivity index (χ0) is 13.1. The highest BCUT2D eigenvalue weighted by Gasteiger charge is 2.22. The Hall–Kier alpha value is -2.08. The fourth-order valence-corrected chi connectivity index (χ4v) is 1.97. The van der Waals surface area contributed by atoms with Gasteiger partial charge in [0.05, 0.1) is 23.5 Å². The number of anilines is 2. The number of nitrogens with one attached hydrogen (secondary N) is 1. The molecule has 18 heavy (non-hydrogen) atoms. The zero-order valence-electron chi connectivity index (χ0n) is 9.85. The van der Waals surface area contributed by atoms with E-state index in [2.05, 4.69) is 5.32 Å². The molecule has 0 fully saturated rings. The molecule has 0 saturated carbocycles. The lowest BCUT2D eigenvalue weighted by atomic mass is 10.1. The van der Waals surface area contributed by atoms with E-state index in [1.54, 1.807) is 6.07 Å². The summed E-state index contributed by atoms with van der Waals surface area (Å²) in [6.07, 6.45) is 0.785. The van der Waals surface area contributed by atoms with Crippen LogP contribution in [-0.2, 0) is 4.79 Å². The molecular formula is C12H15N3O3. The molecular weight excluding hydrogens is 234 g/mol. The molecule has 96 valence electrons. The van der Waals surface area contributed by atoms with Crippen LogP contribution in [0.4, 0.5) is 11.4 Å². The van der Waals surface area contributed by atoms with Gasteiger partial charge < -0.3 is 21.1 Å². The lowest BCUT2D eigenvalue weighted by molar-refractivity contribution is -0.115. The Bertz CT molecular complexity index is 487. The molecule has 0 spiro atoms. The van der Waals surface area contributed by atoms with Crippen LogP contribution in [0.1, 0.15) is 16.8 Å². The minimum absolute atomic E-state index is 0.137. The lowest BCUT2D eigenvalue weighted by Gasteiger charge is -2.31. The third-order valence-corrected chi connectivity index (χ3v) is 2.82. The number of carbonyl (C=O) groups excluding carboxylic acids is 1. The molecule has 1 aliphatic heterocycles. The Morgan fingerprint density at radius 1 is 1.50 bits per heavy atom. The summed E-state index contributed by atoms with van der Waals surface area (Å²) in [5.74, 6) is -1.15. The van der Waals surface area contributed by atoms with Gasteiger partial charge in [0.2, 0.25) is 5.91 Å². The zero-order valence-corrected chi connectivity index (χ0v) is 9.85. The van der Waals surface area contributed by atoms with Crippen LogP contribution in [0.5, 0.6) is 0 Å². The van der Waals surface area contributed by atoms with E-state index in [1.165, 1.54) is 12.1 Å². The number of rotatable bonds is 4. The van der Waals surface area contributed by atoms with Crippen molar-refractivity contribution < 1.29 is 14.7 Å². The normalized spacial score (nSPS) is 14.1. The number of hydrogen-bond donors (Lipinski definition) is 3. The van der Waals surface area contributed by atoms with E-state index in [0.717, 1.165) is 12.1 Å². The van der Waals surface area contributed by atoms with Gasteiger partial charge in [-0.1, -0.05) is 0 Å². The Morgan fingerprint density at radius 3 is 2.94 bits per heavy atom. The smallest absolute Gasteiger partial charge is 0.335 e. The molecule has 0 radical (unpaired) electrons. The van der Waals surface area contributed by atoms with Crippen molar-refractivity contribution in [3.8, 4) is 0 Å². The standard InChI is InChI=1S/C12H15N3O3/c13-4-1-5-15-7-11(16)14-9-6-8(12(17)18)2-3-10(9)15/h2-3,6H,1,4-5,7,13H2,(H,14,16)(H,17,18). The van der Waals surface area contributed by atoms with Crippen LogP contribution in [-0.4, -0.2) is 36.6 Å². The second kappa shape index (κ2) is 5.05. The Balaban J connectivity index is 2.31. The maximum absolute atomic E-state index is 11.5. The molecule has 4 N–H and O–H groups in total. The Kier molecular flexibility index (Phi) is 3.47. The maximum Gasteiger partial charge on any atom is 0.335 e. The number of carbonyl (C=O) groups is 2. The largest absolute Gasteiger partial charge is 0.478 e. The van der Waals surface area contributed by atoms with Crippen molar-refractivity contribution in [2.24, 2.45) is 5.73 Å². The first kappa shape index (κ1) is 12.4. The number of aromatic carboxylic acids is 1. The monoisotopic (exact) mass is 249 g/mol. The van der Waals surface area contributed by atoms with Crippen LogP contribution in [0, 0.1) is 0 Å². The molecule has 2 rings (SSSR count). The molecule has 6 nitrogen and oxygen atoms in total. The highest BCUT2D eigenvalue weighted by molar-refractivity contribution is 6.02. The SMILES string of the molecule is NCCCN1CC(=O)Nc2cc(C(=O)O)ccc21. The van der Waals surface area contributed by atoms with Gasteiger partial charge in [0.1, 0.15) is 0 Å². The molecule has 6 heteroatoms. The van der Waals surface area contributed by atoms with E-state index < -0.39 is 5.97 Å².